The first-order valence-corrected chi connectivity index (χ1v) is 4.29. The third kappa shape index (κ3) is 2.56. The van der Waals surface area contributed by atoms with Crippen LogP contribution in [-0.4, -0.2) is 23.2 Å². The molecule has 1 rings (SSSR count). The number of rotatable bonds is 4. The molecule has 5 nitrogen and oxygen atoms in total. The molecule has 0 unspecified atom stereocenters. The van der Waals surface area contributed by atoms with E-state index in [0.717, 1.165) is 6.07 Å². The van der Waals surface area contributed by atoms with Crippen LogP contribution in [0.3, 0.4) is 0 Å². The molecule has 0 fully saturated rings. The van der Waals surface area contributed by atoms with Crippen LogP contribution in [0.15, 0.2) is 6.07 Å². The van der Waals surface area contributed by atoms with E-state index in [4.69, 9.17) is 15.6 Å². The molecule has 0 aliphatic carbocycles. The summed E-state index contributed by atoms with van der Waals surface area (Å²) < 4.78 is 29.9. The number of nitrogens with zero attached hydrogens (tertiary/aromatic N) is 1. The predicted molar refractivity (Wildman–Crippen MR) is 51.5 cm³/mol. The summed E-state index contributed by atoms with van der Waals surface area (Å²) >= 11 is 0. The van der Waals surface area contributed by atoms with E-state index in [2.05, 4.69) is 4.98 Å². The molecule has 0 bridgehead atoms. The molecule has 0 amide bonds. The number of hydrogen-bond acceptors (Lipinski definition) is 4. The highest BCUT2D eigenvalue weighted by molar-refractivity contribution is 5.71. The quantitative estimate of drug-likeness (QED) is 0.815. The van der Waals surface area contributed by atoms with Crippen LogP contribution < -0.4 is 10.5 Å². The molecule has 1 aromatic rings. The Labute approximate surface area is 89.9 Å². The SMILES string of the molecule is COc1cc(CC(=O)O)c(C(F)F)nc1N. The van der Waals surface area contributed by atoms with Gasteiger partial charge in [0.15, 0.2) is 11.6 Å². The fraction of sp³-hybridized carbons (Fsp3) is 0.333. The maximum Gasteiger partial charge on any atom is 0.307 e. The Morgan fingerprint density at radius 1 is 1.69 bits per heavy atom. The molecule has 0 atom stereocenters. The van der Waals surface area contributed by atoms with Crippen molar-refractivity contribution in [3.63, 3.8) is 0 Å². The van der Waals surface area contributed by atoms with Crippen LogP contribution >= 0.6 is 0 Å². The number of carboxylic acids is 1. The van der Waals surface area contributed by atoms with Crippen molar-refractivity contribution in [1.82, 2.24) is 4.98 Å². The van der Waals surface area contributed by atoms with E-state index in [-0.39, 0.29) is 17.1 Å². The van der Waals surface area contributed by atoms with Crippen LogP contribution in [0.5, 0.6) is 5.75 Å². The van der Waals surface area contributed by atoms with Gasteiger partial charge in [0.25, 0.3) is 6.43 Å². The molecule has 7 heteroatoms. The predicted octanol–water partition coefficient (Wildman–Crippen LogP) is 1.24. The molecule has 0 radical (unpaired) electrons. The van der Waals surface area contributed by atoms with Crippen LogP contribution in [-0.2, 0) is 11.2 Å². The molecule has 0 aromatic carbocycles. The average molecular weight is 232 g/mol. The highest BCUT2D eigenvalue weighted by Crippen LogP contribution is 2.28. The van der Waals surface area contributed by atoms with E-state index >= 15 is 0 Å². The lowest BCUT2D eigenvalue weighted by Crippen LogP contribution is -2.08. The topological polar surface area (TPSA) is 85.4 Å². The van der Waals surface area contributed by atoms with Crippen LogP contribution in [0.4, 0.5) is 14.6 Å². The number of carbonyl (C=O) groups is 1. The minimum absolute atomic E-state index is 0.0839. The van der Waals surface area contributed by atoms with Crippen molar-refractivity contribution in [1.29, 1.82) is 0 Å². The fourth-order valence-corrected chi connectivity index (χ4v) is 1.22. The normalized spacial score (nSPS) is 10.5. The number of aliphatic carboxylic acids is 1. The largest absolute Gasteiger partial charge is 0.493 e. The van der Waals surface area contributed by atoms with Gasteiger partial charge in [-0.05, 0) is 11.6 Å². The van der Waals surface area contributed by atoms with Gasteiger partial charge in [-0.3, -0.25) is 4.79 Å². The molecule has 0 spiro atoms. The van der Waals surface area contributed by atoms with Crippen LogP contribution in [0, 0.1) is 0 Å². The van der Waals surface area contributed by atoms with Crippen LogP contribution in [0.25, 0.3) is 0 Å². The molecule has 88 valence electrons. The number of anilines is 1. The second-order valence-corrected chi connectivity index (χ2v) is 2.99. The maximum absolute atomic E-state index is 12.5. The standard InChI is InChI=1S/C9H10F2N2O3/c1-16-5-2-4(3-6(14)15)7(8(10)11)13-9(5)12/h2,8H,3H2,1H3,(H2,12,13)(H,14,15). The zero-order valence-electron chi connectivity index (χ0n) is 8.41. The monoisotopic (exact) mass is 232 g/mol. The Hall–Kier alpha value is -1.92. The summed E-state index contributed by atoms with van der Waals surface area (Å²) in [5.41, 5.74) is 4.62. The zero-order chi connectivity index (χ0) is 12.3. The lowest BCUT2D eigenvalue weighted by atomic mass is 10.1. The molecule has 0 aliphatic rings. The van der Waals surface area contributed by atoms with Gasteiger partial charge in [0.2, 0.25) is 0 Å². The first kappa shape index (κ1) is 12.2. The molecular formula is C9H10F2N2O3. The van der Waals surface area contributed by atoms with Gasteiger partial charge in [-0.25, -0.2) is 13.8 Å². The van der Waals surface area contributed by atoms with Crippen molar-refractivity contribution < 1.29 is 23.4 Å². The van der Waals surface area contributed by atoms with E-state index in [1.165, 1.54) is 7.11 Å². The summed E-state index contributed by atoms with van der Waals surface area (Å²) in [7, 11) is 1.29. The van der Waals surface area contributed by atoms with Gasteiger partial charge in [-0.1, -0.05) is 0 Å². The number of aromatic nitrogens is 1. The molecule has 0 aliphatic heterocycles. The van der Waals surface area contributed by atoms with Crippen molar-refractivity contribution in [2.24, 2.45) is 0 Å². The number of methoxy groups -OCH3 is 1. The number of hydrogen-bond donors (Lipinski definition) is 2. The Bertz CT molecular complexity index is 410. The summed E-state index contributed by atoms with van der Waals surface area (Å²) in [5.74, 6) is -1.33. The van der Waals surface area contributed by atoms with Gasteiger partial charge in [-0.2, -0.15) is 0 Å². The number of nitrogen functional groups attached to an aromatic ring is 1. The van der Waals surface area contributed by atoms with Gasteiger partial charge >= 0.3 is 5.97 Å². The molecule has 3 N–H and O–H groups in total. The van der Waals surface area contributed by atoms with Gasteiger partial charge in [0.05, 0.1) is 13.5 Å². The molecular weight excluding hydrogens is 222 g/mol. The fourth-order valence-electron chi connectivity index (χ4n) is 1.22. The Kier molecular flexibility index (Phi) is 3.60. The van der Waals surface area contributed by atoms with Crippen LogP contribution in [0.1, 0.15) is 17.7 Å². The first-order chi connectivity index (χ1) is 7.45. The van der Waals surface area contributed by atoms with Gasteiger partial charge in [0.1, 0.15) is 5.69 Å². The number of pyridine rings is 1. The third-order valence-electron chi connectivity index (χ3n) is 1.90. The maximum atomic E-state index is 12.5. The summed E-state index contributed by atoms with van der Waals surface area (Å²) in [6.07, 6.45) is -3.42. The first-order valence-electron chi connectivity index (χ1n) is 4.29. The molecule has 1 aromatic heterocycles. The summed E-state index contributed by atoms with van der Waals surface area (Å²) in [4.78, 5) is 13.9. The smallest absolute Gasteiger partial charge is 0.307 e. The van der Waals surface area contributed by atoms with Crippen molar-refractivity contribution in [3.8, 4) is 5.75 Å². The van der Waals surface area contributed by atoms with Gasteiger partial charge in [0, 0.05) is 0 Å². The minimum atomic E-state index is -2.87. The van der Waals surface area contributed by atoms with E-state index < -0.39 is 24.5 Å². The van der Waals surface area contributed by atoms with E-state index in [1.54, 1.807) is 0 Å². The number of alkyl halides is 2. The average Bonchev–Trinajstić information content (AvgIpc) is 2.19. The van der Waals surface area contributed by atoms with E-state index in [1.807, 2.05) is 0 Å². The van der Waals surface area contributed by atoms with Crippen molar-refractivity contribution in [2.75, 3.05) is 12.8 Å². The highest BCUT2D eigenvalue weighted by atomic mass is 19.3. The van der Waals surface area contributed by atoms with Crippen molar-refractivity contribution in [2.45, 2.75) is 12.8 Å². The molecule has 16 heavy (non-hydrogen) atoms. The third-order valence-corrected chi connectivity index (χ3v) is 1.90. The Balaban J connectivity index is 3.24. The highest BCUT2D eigenvalue weighted by Gasteiger charge is 2.19. The van der Waals surface area contributed by atoms with Gasteiger partial charge in [-0.15, -0.1) is 0 Å². The number of carboxylic acid groups (broad SMARTS) is 1. The van der Waals surface area contributed by atoms with Gasteiger partial charge < -0.3 is 15.6 Å². The van der Waals surface area contributed by atoms with Crippen LogP contribution in [0.2, 0.25) is 0 Å². The Morgan fingerprint density at radius 2 is 2.31 bits per heavy atom. The van der Waals surface area contributed by atoms with E-state index in [9.17, 15) is 13.6 Å². The molecule has 1 heterocycles. The van der Waals surface area contributed by atoms with E-state index in [0.29, 0.717) is 0 Å². The second kappa shape index (κ2) is 4.73. The Morgan fingerprint density at radius 3 is 2.75 bits per heavy atom. The molecule has 0 saturated carbocycles. The van der Waals surface area contributed by atoms with Crippen molar-refractivity contribution in [3.05, 3.63) is 17.3 Å². The molecule has 0 saturated heterocycles. The summed E-state index contributed by atoms with van der Waals surface area (Å²) in [5, 5.41) is 8.56. The summed E-state index contributed by atoms with van der Waals surface area (Å²) in [6.45, 7) is 0. The lowest BCUT2D eigenvalue weighted by Gasteiger charge is -2.10. The lowest BCUT2D eigenvalue weighted by molar-refractivity contribution is -0.136. The number of halogens is 2. The number of ether oxygens (including phenoxy) is 1. The summed E-state index contributed by atoms with van der Waals surface area (Å²) in [6, 6.07) is 1.16. The van der Waals surface area contributed by atoms with Crippen molar-refractivity contribution >= 4 is 11.8 Å². The zero-order valence-corrected chi connectivity index (χ0v) is 8.41. The number of nitrogens with two attached hydrogens (primary N) is 1. The second-order valence-electron chi connectivity index (χ2n) is 2.99. The minimum Gasteiger partial charge on any atom is -0.493 e.